The first-order valence-electron chi connectivity index (χ1n) is 36.5. The molecule has 3 atom stereocenters. The van der Waals surface area contributed by atoms with E-state index in [4.69, 9.17) is 13.8 Å². The van der Waals surface area contributed by atoms with Gasteiger partial charge >= 0.3 is 13.8 Å². The Morgan fingerprint density at radius 1 is 0.415 bits per heavy atom. The van der Waals surface area contributed by atoms with Crippen LogP contribution in [-0.4, -0.2) is 74.3 Å². The van der Waals surface area contributed by atoms with Crippen LogP contribution in [0.5, 0.6) is 0 Å². The van der Waals surface area contributed by atoms with E-state index in [0.29, 0.717) is 23.9 Å². The number of unbranched alkanes of at least 4 members (excludes halogenated alkanes) is 52. The fourth-order valence-corrected chi connectivity index (χ4v) is 12.1. The van der Waals surface area contributed by atoms with E-state index in [1.54, 1.807) is 0 Å². The van der Waals surface area contributed by atoms with E-state index >= 15 is 0 Å². The molecule has 2 N–H and O–H groups in total. The third kappa shape index (κ3) is 63.3. The summed E-state index contributed by atoms with van der Waals surface area (Å²) in [6.07, 6.45) is 75.1. The van der Waals surface area contributed by atoms with Gasteiger partial charge in [0.1, 0.15) is 19.3 Å². The van der Waals surface area contributed by atoms with Gasteiger partial charge in [0.05, 0.1) is 33.8 Å². The van der Waals surface area contributed by atoms with Gasteiger partial charge in [-0.15, -0.1) is 0 Å². The molecule has 0 saturated carbocycles. The molecule has 488 valence electrons. The highest BCUT2D eigenvalue weighted by Crippen LogP contribution is 2.43. The molecule has 9 nitrogen and oxygen atoms in total. The van der Waals surface area contributed by atoms with Crippen molar-refractivity contribution in [3.63, 3.8) is 0 Å². The number of allylic oxidation sites excluding steroid dienone is 1. The minimum Gasteiger partial charge on any atom is -0.456 e. The van der Waals surface area contributed by atoms with Gasteiger partial charge in [0.25, 0.3) is 0 Å². The van der Waals surface area contributed by atoms with E-state index in [0.717, 1.165) is 57.8 Å². The molecule has 0 aromatic rings. The van der Waals surface area contributed by atoms with Gasteiger partial charge in [-0.25, -0.2) is 4.57 Å². The van der Waals surface area contributed by atoms with Gasteiger partial charge in [-0.05, 0) is 31.8 Å². The topological polar surface area (TPSA) is 111 Å². The van der Waals surface area contributed by atoms with E-state index in [2.05, 4.69) is 32.2 Å². The predicted molar refractivity (Wildman–Crippen MR) is 356 cm³/mol. The number of phosphoric acid groups is 1. The first-order chi connectivity index (χ1) is 39.9. The molecule has 0 spiro atoms. The number of rotatable bonds is 68. The molecule has 0 aromatic heterocycles. The molecule has 0 fully saturated rings. The van der Waals surface area contributed by atoms with Crippen LogP contribution in [0, 0.1) is 0 Å². The average Bonchev–Trinajstić information content (AvgIpc) is 3.44. The van der Waals surface area contributed by atoms with Crippen molar-refractivity contribution in [2.24, 2.45) is 0 Å². The lowest BCUT2D eigenvalue weighted by Crippen LogP contribution is -2.47. The molecule has 3 unspecified atom stereocenters. The number of nitrogens with zero attached hydrogens (tertiary/aromatic N) is 1. The highest BCUT2D eigenvalue weighted by atomic mass is 31.2. The number of likely N-dealkylation sites (N-methyl/N-ethyl adjacent to an activating group) is 1. The SMILES string of the molecule is CCCCCCCCCCCC/C=C/C(OC(=O)CCCCCCCCCCCCCCCCCCCCCCC)C(COP(=O)(O)OCC[N+](C)(C)C)NC(=O)CCCCCCCCCCCCCCCCCCCCCCCCC. The van der Waals surface area contributed by atoms with Crippen LogP contribution >= 0.6 is 7.82 Å². The van der Waals surface area contributed by atoms with Crippen LogP contribution in [0.15, 0.2) is 12.2 Å². The Morgan fingerprint density at radius 3 is 1.00 bits per heavy atom. The zero-order valence-corrected chi connectivity index (χ0v) is 56.9. The number of ether oxygens (including phenoxy) is 1. The lowest BCUT2D eigenvalue weighted by atomic mass is 10.0. The Balaban J connectivity index is 5.00. The quantitative estimate of drug-likeness (QED) is 0.0205. The number of carbonyl (C=O) groups is 2. The second kappa shape index (κ2) is 62.8. The van der Waals surface area contributed by atoms with Crippen LogP contribution in [0.4, 0.5) is 0 Å². The maximum Gasteiger partial charge on any atom is 0.472 e. The average molecular weight is 1180 g/mol. The Kier molecular flexibility index (Phi) is 61.8. The molecule has 0 bridgehead atoms. The van der Waals surface area contributed by atoms with Crippen molar-refractivity contribution in [1.29, 1.82) is 0 Å². The third-order valence-corrected chi connectivity index (χ3v) is 18.0. The van der Waals surface area contributed by atoms with Gasteiger partial charge in [0.15, 0.2) is 0 Å². The van der Waals surface area contributed by atoms with Gasteiger partial charge in [0.2, 0.25) is 5.91 Å². The molecule has 0 aliphatic heterocycles. The summed E-state index contributed by atoms with van der Waals surface area (Å²) in [6, 6.07) is -0.841. The zero-order chi connectivity index (χ0) is 60.0. The van der Waals surface area contributed by atoms with Gasteiger partial charge in [0, 0.05) is 12.8 Å². The van der Waals surface area contributed by atoms with Gasteiger partial charge in [-0.2, -0.15) is 0 Å². The van der Waals surface area contributed by atoms with E-state index in [9.17, 15) is 19.0 Å². The summed E-state index contributed by atoms with van der Waals surface area (Å²) >= 11 is 0. The molecule has 0 saturated heterocycles. The summed E-state index contributed by atoms with van der Waals surface area (Å²) < 4.78 is 30.9. The summed E-state index contributed by atoms with van der Waals surface area (Å²) in [5.74, 6) is -0.476. The minimum absolute atomic E-state index is 0.0462. The van der Waals surface area contributed by atoms with Crippen molar-refractivity contribution in [1.82, 2.24) is 5.32 Å². The summed E-state index contributed by atoms with van der Waals surface area (Å²) in [6.45, 7) is 7.10. The summed E-state index contributed by atoms with van der Waals surface area (Å²) in [5, 5.41) is 3.08. The van der Waals surface area contributed by atoms with E-state index in [1.165, 1.54) is 295 Å². The van der Waals surface area contributed by atoms with Gasteiger partial charge in [-0.3, -0.25) is 18.6 Å². The Bertz CT molecular complexity index is 1410. The fourth-order valence-electron chi connectivity index (χ4n) is 11.4. The predicted octanol–water partition coefficient (Wildman–Crippen LogP) is 23.1. The molecule has 82 heavy (non-hydrogen) atoms. The maximum absolute atomic E-state index is 13.6. The molecule has 0 rings (SSSR count). The second-order valence-electron chi connectivity index (χ2n) is 26.5. The highest BCUT2D eigenvalue weighted by Gasteiger charge is 2.30. The van der Waals surface area contributed by atoms with E-state index < -0.39 is 20.0 Å². The van der Waals surface area contributed by atoms with Crippen LogP contribution in [-0.2, 0) is 27.9 Å². The lowest BCUT2D eigenvalue weighted by molar-refractivity contribution is -0.870. The van der Waals surface area contributed by atoms with Crippen molar-refractivity contribution >= 4 is 19.7 Å². The standard InChI is InChI=1S/C72H143N2O7P/c1-7-10-13-16-19-22-25-28-30-32-34-36-37-39-40-42-44-46-49-52-55-58-61-64-71(75)73-69(68-80-82(77,78)79-67-66-74(4,5)6)70(63-60-57-54-51-48-27-24-21-18-15-12-9-3)81-72(76)65-62-59-56-53-50-47-45-43-41-38-35-33-31-29-26-23-20-17-14-11-8-2/h60,63,69-70H,7-59,61-62,64-68H2,1-6H3,(H-,73,75,77,78)/p+1/b63-60+. The zero-order valence-electron chi connectivity index (χ0n) is 56.0. The molecule has 1 amide bonds. The lowest BCUT2D eigenvalue weighted by Gasteiger charge is -2.27. The minimum atomic E-state index is -4.45. The van der Waals surface area contributed by atoms with Crippen molar-refractivity contribution in [3.8, 4) is 0 Å². The Labute approximate surface area is 511 Å². The van der Waals surface area contributed by atoms with Crippen LogP contribution in [0.3, 0.4) is 0 Å². The molecule has 0 aliphatic carbocycles. The van der Waals surface area contributed by atoms with Crippen LogP contribution in [0.1, 0.15) is 387 Å². The molecule has 0 aliphatic rings. The number of carbonyl (C=O) groups excluding carboxylic acids is 2. The maximum atomic E-state index is 13.6. The number of hydrogen-bond donors (Lipinski definition) is 2. The van der Waals surface area contributed by atoms with E-state index in [-0.39, 0.29) is 25.1 Å². The summed E-state index contributed by atoms with van der Waals surface area (Å²) in [4.78, 5) is 37.9. The van der Waals surface area contributed by atoms with Gasteiger partial charge in [-0.1, -0.05) is 354 Å². The normalized spacial score (nSPS) is 13.5. The summed E-state index contributed by atoms with van der Waals surface area (Å²) in [7, 11) is 1.52. The van der Waals surface area contributed by atoms with E-state index in [1.807, 2.05) is 27.2 Å². The molecular formula is C72H144N2O7P+. The monoisotopic (exact) mass is 1180 g/mol. The number of esters is 1. The first kappa shape index (κ1) is 80.8. The van der Waals surface area contributed by atoms with Crippen molar-refractivity contribution < 1.29 is 37.3 Å². The molecular weight excluding hydrogens is 1040 g/mol. The number of phosphoric ester groups is 1. The number of amides is 1. The second-order valence-corrected chi connectivity index (χ2v) is 27.9. The van der Waals surface area contributed by atoms with Crippen molar-refractivity contribution in [2.75, 3.05) is 40.9 Å². The number of quaternary nitrogens is 1. The van der Waals surface area contributed by atoms with Crippen LogP contribution < -0.4 is 5.32 Å². The first-order valence-corrected chi connectivity index (χ1v) is 38.0. The van der Waals surface area contributed by atoms with Crippen molar-refractivity contribution in [3.05, 3.63) is 12.2 Å². The largest absolute Gasteiger partial charge is 0.472 e. The number of hydrogen-bond acceptors (Lipinski definition) is 6. The summed E-state index contributed by atoms with van der Waals surface area (Å²) in [5.41, 5.74) is 0. The molecule has 0 radical (unpaired) electrons. The molecule has 0 aromatic carbocycles. The molecule has 0 heterocycles. The Morgan fingerprint density at radius 2 is 0.695 bits per heavy atom. The van der Waals surface area contributed by atoms with Gasteiger partial charge < -0.3 is 19.4 Å². The highest BCUT2D eigenvalue weighted by molar-refractivity contribution is 7.47. The molecule has 10 heteroatoms. The Hall–Kier alpha value is -1.25. The third-order valence-electron chi connectivity index (χ3n) is 17.0. The van der Waals surface area contributed by atoms with Crippen LogP contribution in [0.2, 0.25) is 0 Å². The van der Waals surface area contributed by atoms with Crippen LogP contribution in [0.25, 0.3) is 0 Å². The number of nitrogens with one attached hydrogen (secondary N) is 1. The van der Waals surface area contributed by atoms with Crippen molar-refractivity contribution in [2.45, 2.75) is 399 Å². The fraction of sp³-hybridized carbons (Fsp3) is 0.944. The smallest absolute Gasteiger partial charge is 0.456 e.